The minimum Gasteiger partial charge on any atom is -0.465 e. The van der Waals surface area contributed by atoms with E-state index in [1.54, 1.807) is 30.1 Å². The van der Waals surface area contributed by atoms with Crippen molar-refractivity contribution in [2.75, 3.05) is 24.0 Å². The molecule has 0 aromatic heterocycles. The molecule has 31 heavy (non-hydrogen) atoms. The van der Waals surface area contributed by atoms with Gasteiger partial charge in [0.25, 0.3) is 11.8 Å². The molecule has 1 spiro atoms. The average molecular weight is 412 g/mol. The van der Waals surface area contributed by atoms with Gasteiger partial charge in [-0.25, -0.2) is 4.79 Å². The van der Waals surface area contributed by atoms with E-state index in [0.29, 0.717) is 29.0 Å². The molecule has 6 nitrogen and oxygen atoms in total. The van der Waals surface area contributed by atoms with Gasteiger partial charge in [-0.05, 0) is 17.7 Å². The van der Waals surface area contributed by atoms with Gasteiger partial charge >= 0.3 is 5.97 Å². The van der Waals surface area contributed by atoms with E-state index in [1.165, 1.54) is 12.0 Å². The Bertz CT molecular complexity index is 1240. The van der Waals surface area contributed by atoms with Gasteiger partial charge in [0.2, 0.25) is 0 Å². The molecule has 0 saturated heterocycles. The number of esters is 1. The lowest BCUT2D eigenvalue weighted by atomic mass is 9.76. The summed E-state index contributed by atoms with van der Waals surface area (Å²) in [6.07, 6.45) is 0. The summed E-state index contributed by atoms with van der Waals surface area (Å²) in [4.78, 5) is 43.2. The minimum atomic E-state index is -1.51. The van der Waals surface area contributed by atoms with Gasteiger partial charge in [-0.3, -0.25) is 9.59 Å². The number of fused-ring (bicyclic) bond motifs is 4. The third kappa shape index (κ3) is 2.42. The predicted octanol–water partition coefficient (Wildman–Crippen LogP) is 3.28. The van der Waals surface area contributed by atoms with Crippen LogP contribution in [0.15, 0.2) is 72.8 Å². The summed E-state index contributed by atoms with van der Waals surface area (Å²) in [5.41, 5.74) is 1.98. The van der Waals surface area contributed by atoms with Gasteiger partial charge in [-0.15, -0.1) is 0 Å². The second kappa shape index (κ2) is 6.80. The smallest absolute Gasteiger partial charge is 0.339 e. The first-order valence-corrected chi connectivity index (χ1v) is 9.97. The second-order valence-corrected chi connectivity index (χ2v) is 7.70. The third-order valence-corrected chi connectivity index (χ3v) is 6.15. The van der Waals surface area contributed by atoms with Crippen molar-refractivity contribution in [3.05, 3.63) is 95.1 Å². The fourth-order valence-corrected chi connectivity index (χ4v) is 4.79. The molecule has 0 radical (unpaired) electrons. The number of rotatable bonds is 3. The molecular weight excluding hydrogens is 392 g/mol. The summed E-state index contributed by atoms with van der Waals surface area (Å²) >= 11 is 0. The molecule has 1 atom stereocenters. The fourth-order valence-electron chi connectivity index (χ4n) is 4.79. The van der Waals surface area contributed by atoms with Gasteiger partial charge in [-0.2, -0.15) is 0 Å². The number of likely N-dealkylation sites (N-methyl/N-ethyl adjacent to an activating group) is 1. The standard InChI is InChI=1S/C25H20N2O4/c1-26-21-17(22(28)31-2)11-8-13-19(21)25(23(26)29)18-12-6-7-14-20(18)27(24(25)30)15-16-9-4-3-5-10-16/h3-14H,15H2,1-2H3/t25-/m1/s1. The summed E-state index contributed by atoms with van der Waals surface area (Å²) in [7, 11) is 2.89. The number of nitrogens with zero attached hydrogens (tertiary/aromatic N) is 2. The maximum Gasteiger partial charge on any atom is 0.339 e. The van der Waals surface area contributed by atoms with Crippen molar-refractivity contribution in [1.29, 1.82) is 0 Å². The molecule has 3 aromatic rings. The van der Waals surface area contributed by atoms with Crippen LogP contribution in [0.4, 0.5) is 11.4 Å². The number of ether oxygens (including phenoxy) is 1. The first kappa shape index (κ1) is 19.1. The molecule has 0 unspecified atom stereocenters. The normalized spacial score (nSPS) is 19.0. The zero-order valence-electron chi connectivity index (χ0n) is 17.2. The zero-order chi connectivity index (χ0) is 21.8. The third-order valence-electron chi connectivity index (χ3n) is 6.15. The summed E-state index contributed by atoms with van der Waals surface area (Å²) in [5, 5.41) is 0. The monoisotopic (exact) mass is 412 g/mol. The van der Waals surface area contributed by atoms with Crippen LogP contribution in [0.25, 0.3) is 0 Å². The van der Waals surface area contributed by atoms with Crippen molar-refractivity contribution in [3.63, 3.8) is 0 Å². The molecule has 2 heterocycles. The number of hydrogen-bond donors (Lipinski definition) is 0. The van der Waals surface area contributed by atoms with Gasteiger partial charge < -0.3 is 14.5 Å². The number of para-hydroxylation sites is 2. The molecule has 2 aliphatic heterocycles. The van der Waals surface area contributed by atoms with Gasteiger partial charge in [0.15, 0.2) is 5.41 Å². The van der Waals surface area contributed by atoms with Crippen LogP contribution in [-0.4, -0.2) is 31.9 Å². The second-order valence-electron chi connectivity index (χ2n) is 7.70. The van der Waals surface area contributed by atoms with E-state index in [2.05, 4.69) is 0 Å². The molecule has 0 fully saturated rings. The first-order chi connectivity index (χ1) is 15.0. The number of benzene rings is 3. The van der Waals surface area contributed by atoms with E-state index < -0.39 is 11.4 Å². The van der Waals surface area contributed by atoms with Crippen LogP contribution in [0.3, 0.4) is 0 Å². The number of carbonyl (C=O) groups is 3. The van der Waals surface area contributed by atoms with Crippen LogP contribution >= 0.6 is 0 Å². The van der Waals surface area contributed by atoms with Crippen molar-refractivity contribution in [2.24, 2.45) is 0 Å². The Kier molecular flexibility index (Phi) is 4.18. The first-order valence-electron chi connectivity index (χ1n) is 9.97. The van der Waals surface area contributed by atoms with Gasteiger partial charge in [0, 0.05) is 23.9 Å². The van der Waals surface area contributed by atoms with Gasteiger partial charge in [0.05, 0.1) is 24.9 Å². The quantitative estimate of drug-likeness (QED) is 0.489. The largest absolute Gasteiger partial charge is 0.465 e. The highest BCUT2D eigenvalue weighted by molar-refractivity contribution is 6.32. The Hall–Kier alpha value is -3.93. The lowest BCUT2D eigenvalue weighted by Gasteiger charge is -2.23. The predicted molar refractivity (Wildman–Crippen MR) is 116 cm³/mol. The number of anilines is 2. The number of methoxy groups -OCH3 is 1. The number of amides is 2. The van der Waals surface area contributed by atoms with E-state index in [0.717, 1.165) is 5.56 Å². The average Bonchev–Trinajstić information content (AvgIpc) is 3.19. The van der Waals surface area contributed by atoms with Gasteiger partial charge in [0.1, 0.15) is 0 Å². The summed E-state index contributed by atoms with van der Waals surface area (Å²) < 4.78 is 4.92. The Balaban J connectivity index is 1.75. The molecule has 3 aromatic carbocycles. The van der Waals surface area contributed by atoms with E-state index in [-0.39, 0.29) is 17.4 Å². The number of carbonyl (C=O) groups excluding carboxylic acids is 3. The highest BCUT2D eigenvalue weighted by Crippen LogP contribution is 2.54. The molecule has 2 amide bonds. The van der Waals surface area contributed by atoms with Crippen LogP contribution in [0.1, 0.15) is 27.0 Å². The van der Waals surface area contributed by atoms with E-state index >= 15 is 0 Å². The summed E-state index contributed by atoms with van der Waals surface area (Å²) in [6, 6.07) is 22.1. The maximum atomic E-state index is 14.0. The molecule has 154 valence electrons. The van der Waals surface area contributed by atoms with Crippen molar-refractivity contribution in [2.45, 2.75) is 12.0 Å². The Morgan fingerprint density at radius 2 is 1.55 bits per heavy atom. The van der Waals surface area contributed by atoms with Crippen LogP contribution in [0, 0.1) is 0 Å². The van der Waals surface area contributed by atoms with E-state index in [1.807, 2.05) is 54.6 Å². The minimum absolute atomic E-state index is 0.263. The highest BCUT2D eigenvalue weighted by Gasteiger charge is 2.63. The molecule has 5 rings (SSSR count). The fraction of sp³-hybridized carbons (Fsp3) is 0.160. The molecule has 6 heteroatoms. The topological polar surface area (TPSA) is 66.9 Å². The zero-order valence-corrected chi connectivity index (χ0v) is 17.2. The molecular formula is C25H20N2O4. The lowest BCUT2D eigenvalue weighted by Crippen LogP contribution is -2.47. The van der Waals surface area contributed by atoms with Crippen LogP contribution in [-0.2, 0) is 26.3 Å². The molecule has 0 N–H and O–H groups in total. The van der Waals surface area contributed by atoms with Crippen molar-refractivity contribution in [1.82, 2.24) is 0 Å². The van der Waals surface area contributed by atoms with Crippen molar-refractivity contribution >= 4 is 29.2 Å². The van der Waals surface area contributed by atoms with Crippen molar-refractivity contribution < 1.29 is 19.1 Å². The van der Waals surface area contributed by atoms with E-state index in [4.69, 9.17) is 4.74 Å². The summed E-state index contributed by atoms with van der Waals surface area (Å²) in [6.45, 7) is 0.349. The molecule has 0 aliphatic carbocycles. The lowest BCUT2D eigenvalue weighted by molar-refractivity contribution is -0.131. The summed E-state index contributed by atoms with van der Waals surface area (Å²) in [5.74, 6) is -1.23. The Labute approximate surface area is 179 Å². The number of hydrogen-bond acceptors (Lipinski definition) is 4. The molecule has 0 saturated carbocycles. The highest BCUT2D eigenvalue weighted by atomic mass is 16.5. The van der Waals surface area contributed by atoms with Crippen LogP contribution in [0.5, 0.6) is 0 Å². The maximum absolute atomic E-state index is 14.0. The van der Waals surface area contributed by atoms with E-state index in [9.17, 15) is 14.4 Å². The molecule has 0 bridgehead atoms. The molecule has 2 aliphatic rings. The Morgan fingerprint density at radius 1 is 0.871 bits per heavy atom. The van der Waals surface area contributed by atoms with Crippen LogP contribution < -0.4 is 9.80 Å². The van der Waals surface area contributed by atoms with Crippen molar-refractivity contribution in [3.8, 4) is 0 Å². The van der Waals surface area contributed by atoms with Crippen LogP contribution in [0.2, 0.25) is 0 Å². The van der Waals surface area contributed by atoms with Gasteiger partial charge in [-0.1, -0.05) is 60.7 Å². The SMILES string of the molecule is COC(=O)c1cccc2c1N(C)C(=O)[C@]21C(=O)N(Cc2ccccc2)c2ccccc21. The Morgan fingerprint density at radius 3 is 2.29 bits per heavy atom.